The molecule has 12 aromatic rings. The van der Waals surface area contributed by atoms with Gasteiger partial charge in [0.25, 0.3) is 0 Å². The van der Waals surface area contributed by atoms with Crippen LogP contribution in [0.3, 0.4) is 0 Å². The molecular formula is C60H40N2. The van der Waals surface area contributed by atoms with Crippen LogP contribution in [0, 0.1) is 0 Å². The second-order valence-corrected chi connectivity index (χ2v) is 16.1. The van der Waals surface area contributed by atoms with E-state index in [1.807, 2.05) is 0 Å². The van der Waals surface area contributed by atoms with E-state index in [4.69, 9.17) is 0 Å². The van der Waals surface area contributed by atoms with E-state index >= 15 is 0 Å². The van der Waals surface area contributed by atoms with Crippen molar-refractivity contribution in [2.75, 3.05) is 9.80 Å². The molecule has 0 radical (unpaired) electrons. The largest absolute Gasteiger partial charge is 0.309 e. The lowest BCUT2D eigenvalue weighted by atomic mass is 9.91. The first-order valence-corrected chi connectivity index (χ1v) is 21.3. The van der Waals surface area contributed by atoms with E-state index in [2.05, 4.69) is 252 Å². The molecule has 2 nitrogen and oxygen atoms in total. The predicted molar refractivity (Wildman–Crippen MR) is 265 cm³/mol. The van der Waals surface area contributed by atoms with Crippen molar-refractivity contribution in [2.45, 2.75) is 0 Å². The van der Waals surface area contributed by atoms with E-state index in [1.54, 1.807) is 0 Å². The molecule has 0 aliphatic rings. The minimum absolute atomic E-state index is 1.11. The first-order valence-electron chi connectivity index (χ1n) is 21.3. The maximum atomic E-state index is 2.46. The number of benzene rings is 12. The monoisotopic (exact) mass is 788 g/mol. The number of nitrogens with zero attached hydrogens (tertiary/aromatic N) is 2. The van der Waals surface area contributed by atoms with Gasteiger partial charge in [0.05, 0.1) is 22.7 Å². The van der Waals surface area contributed by atoms with Crippen LogP contribution in [0.5, 0.6) is 0 Å². The number of hydrogen-bond donors (Lipinski definition) is 0. The van der Waals surface area contributed by atoms with Gasteiger partial charge in [-0.1, -0.05) is 194 Å². The molecule has 0 aliphatic carbocycles. The Bertz CT molecular complexity index is 3310. The van der Waals surface area contributed by atoms with Crippen LogP contribution in [-0.2, 0) is 0 Å². The fraction of sp³-hybridized carbons (Fsp3) is 0. The molecule has 0 bridgehead atoms. The van der Waals surface area contributed by atoms with Crippen molar-refractivity contribution < 1.29 is 0 Å². The molecule has 0 unspecified atom stereocenters. The van der Waals surface area contributed by atoms with Gasteiger partial charge in [-0.3, -0.25) is 0 Å². The fourth-order valence-corrected chi connectivity index (χ4v) is 9.65. The summed E-state index contributed by atoms with van der Waals surface area (Å²) in [4.78, 5) is 4.92. The molecule has 2 heteroatoms. The highest BCUT2D eigenvalue weighted by molar-refractivity contribution is 6.28. The first kappa shape index (κ1) is 35.7. The average Bonchev–Trinajstić information content (AvgIpc) is 3.35. The summed E-state index contributed by atoms with van der Waals surface area (Å²) in [6, 6.07) is 88.6. The van der Waals surface area contributed by atoms with Crippen molar-refractivity contribution in [1.82, 2.24) is 0 Å². The lowest BCUT2D eigenvalue weighted by Gasteiger charge is -2.30. The number of fused-ring (bicyclic) bond motifs is 2. The van der Waals surface area contributed by atoms with Crippen LogP contribution < -0.4 is 9.80 Å². The van der Waals surface area contributed by atoms with Gasteiger partial charge in [-0.2, -0.15) is 0 Å². The van der Waals surface area contributed by atoms with E-state index in [0.29, 0.717) is 0 Å². The molecule has 0 atom stereocenters. The van der Waals surface area contributed by atoms with E-state index in [9.17, 15) is 0 Å². The third kappa shape index (κ3) is 5.96. The van der Waals surface area contributed by atoms with Crippen molar-refractivity contribution in [1.29, 1.82) is 0 Å². The van der Waals surface area contributed by atoms with Gasteiger partial charge in [0.2, 0.25) is 0 Å². The molecule has 0 N–H and O–H groups in total. The maximum Gasteiger partial charge on any atom is 0.0540 e. The van der Waals surface area contributed by atoms with Crippen LogP contribution in [0.1, 0.15) is 0 Å². The number of rotatable bonds is 8. The third-order valence-corrected chi connectivity index (χ3v) is 12.6. The molecule has 0 aliphatic heterocycles. The van der Waals surface area contributed by atoms with E-state index in [0.717, 1.165) is 34.1 Å². The van der Waals surface area contributed by atoms with Crippen molar-refractivity contribution in [2.24, 2.45) is 0 Å². The Morgan fingerprint density at radius 3 is 0.968 bits per heavy atom. The summed E-state index contributed by atoms with van der Waals surface area (Å²) in [5.41, 5.74) is 11.6. The highest BCUT2D eigenvalue weighted by atomic mass is 15.2. The topological polar surface area (TPSA) is 6.48 Å². The van der Waals surface area contributed by atoms with Gasteiger partial charge < -0.3 is 9.80 Å². The Labute approximate surface area is 361 Å². The zero-order valence-corrected chi connectivity index (χ0v) is 34.0. The Kier molecular flexibility index (Phi) is 8.53. The minimum atomic E-state index is 1.11. The summed E-state index contributed by atoms with van der Waals surface area (Å²) < 4.78 is 0. The number of anilines is 6. The highest BCUT2D eigenvalue weighted by Crippen LogP contribution is 2.49. The summed E-state index contributed by atoms with van der Waals surface area (Å²) in [5, 5.41) is 12.2. The van der Waals surface area contributed by atoms with Gasteiger partial charge in [-0.15, -0.1) is 0 Å². The summed E-state index contributed by atoms with van der Waals surface area (Å²) in [6.07, 6.45) is 0. The van der Waals surface area contributed by atoms with Crippen LogP contribution >= 0.6 is 0 Å². The van der Waals surface area contributed by atoms with Gasteiger partial charge in [0.1, 0.15) is 0 Å². The molecule has 0 fully saturated rings. The molecule has 12 aromatic carbocycles. The van der Waals surface area contributed by atoms with E-state index < -0.39 is 0 Å². The molecule has 0 heterocycles. The lowest BCUT2D eigenvalue weighted by Crippen LogP contribution is -2.12. The molecule has 0 saturated carbocycles. The van der Waals surface area contributed by atoms with Crippen LogP contribution in [0.2, 0.25) is 0 Å². The van der Waals surface area contributed by atoms with Crippen LogP contribution in [0.15, 0.2) is 243 Å². The standard InChI is InChI=1S/C60H40N2/c1-3-13-41(14-4-1)43-25-33-49(34-26-43)61(55-23-11-19-45-17-7-9-21-51(45)55)57-39-31-47-30-38-54-58(40-32-48-29-37-53(57)59(47)60(48)54)62(56-24-12-20-46-18-8-10-22-52(46)56)50-35-27-44(28-36-50)42-15-5-2-6-16-42/h1-40H. The summed E-state index contributed by atoms with van der Waals surface area (Å²) in [5.74, 6) is 0. The van der Waals surface area contributed by atoms with Crippen molar-refractivity contribution >= 4 is 88.0 Å². The Morgan fingerprint density at radius 1 is 0.194 bits per heavy atom. The van der Waals surface area contributed by atoms with Gasteiger partial charge in [-0.25, -0.2) is 0 Å². The number of hydrogen-bond acceptors (Lipinski definition) is 2. The summed E-state index contributed by atoms with van der Waals surface area (Å²) in [7, 11) is 0. The molecule has 0 spiro atoms. The molecule has 290 valence electrons. The van der Waals surface area contributed by atoms with Gasteiger partial charge in [-0.05, 0) is 103 Å². The quantitative estimate of drug-likeness (QED) is 0.142. The summed E-state index contributed by atoms with van der Waals surface area (Å²) >= 11 is 0. The smallest absolute Gasteiger partial charge is 0.0540 e. The van der Waals surface area contributed by atoms with Crippen molar-refractivity contribution in [3.63, 3.8) is 0 Å². The normalized spacial score (nSPS) is 11.5. The van der Waals surface area contributed by atoms with Gasteiger partial charge >= 0.3 is 0 Å². The molecule has 0 aromatic heterocycles. The SMILES string of the molecule is c1ccc(-c2ccc(N(c3cccc4ccccc34)c3ccc4ccc5c(N(c6ccc(-c7ccccc7)cc6)c6cccc7ccccc67)ccc6ccc3c4c65)cc2)cc1. The van der Waals surface area contributed by atoms with E-state index in [1.165, 1.54) is 76.1 Å². The Balaban J connectivity index is 1.09. The Hall–Kier alpha value is -8.20. The Morgan fingerprint density at radius 2 is 0.532 bits per heavy atom. The lowest BCUT2D eigenvalue weighted by molar-refractivity contribution is 1.31. The minimum Gasteiger partial charge on any atom is -0.309 e. The van der Waals surface area contributed by atoms with Gasteiger partial charge in [0, 0.05) is 32.9 Å². The second kappa shape index (κ2) is 14.8. The molecule has 62 heavy (non-hydrogen) atoms. The fourth-order valence-electron chi connectivity index (χ4n) is 9.65. The molecule has 12 rings (SSSR count). The van der Waals surface area contributed by atoms with Crippen molar-refractivity contribution in [3.8, 4) is 22.3 Å². The molecular weight excluding hydrogens is 749 g/mol. The van der Waals surface area contributed by atoms with Crippen LogP contribution in [0.4, 0.5) is 34.1 Å². The molecule has 0 amide bonds. The maximum absolute atomic E-state index is 2.46. The van der Waals surface area contributed by atoms with Gasteiger partial charge in [0.15, 0.2) is 0 Å². The average molecular weight is 789 g/mol. The zero-order chi connectivity index (χ0) is 41.0. The zero-order valence-electron chi connectivity index (χ0n) is 34.0. The van der Waals surface area contributed by atoms with E-state index in [-0.39, 0.29) is 0 Å². The van der Waals surface area contributed by atoms with Crippen molar-refractivity contribution in [3.05, 3.63) is 243 Å². The predicted octanol–water partition coefficient (Wildman–Crippen LogP) is 17.2. The second-order valence-electron chi connectivity index (χ2n) is 16.1. The molecule has 0 saturated heterocycles. The van der Waals surface area contributed by atoms with Crippen LogP contribution in [-0.4, -0.2) is 0 Å². The highest BCUT2D eigenvalue weighted by Gasteiger charge is 2.23. The third-order valence-electron chi connectivity index (χ3n) is 12.6. The first-order chi connectivity index (χ1) is 30.8. The van der Waals surface area contributed by atoms with Crippen LogP contribution in [0.25, 0.3) is 76.1 Å². The summed E-state index contributed by atoms with van der Waals surface area (Å²) in [6.45, 7) is 0.